The van der Waals surface area contributed by atoms with Gasteiger partial charge in [-0.15, -0.1) is 12.4 Å². The average molecular weight is 431 g/mol. The molecule has 1 aliphatic rings. The third kappa shape index (κ3) is 5.15. The van der Waals surface area contributed by atoms with Gasteiger partial charge in [0.2, 0.25) is 0 Å². The summed E-state index contributed by atoms with van der Waals surface area (Å²) in [4.78, 5) is 16.9. The van der Waals surface area contributed by atoms with Crippen LogP contribution in [0.1, 0.15) is 41.8 Å². The molecule has 5 nitrogen and oxygen atoms in total. The number of carbonyl (C=O) groups excluding carboxylic acids is 1. The van der Waals surface area contributed by atoms with Crippen LogP contribution in [0.3, 0.4) is 0 Å². The summed E-state index contributed by atoms with van der Waals surface area (Å²) in [5.41, 5.74) is 4.76. The van der Waals surface area contributed by atoms with Crippen LogP contribution in [0.5, 0.6) is 11.5 Å². The number of likely N-dealkylation sites (N-methyl/N-ethyl adjacent to an activating group) is 1. The van der Waals surface area contributed by atoms with Gasteiger partial charge in [-0.2, -0.15) is 0 Å². The van der Waals surface area contributed by atoms with E-state index < -0.39 is 0 Å². The normalized spacial score (nSPS) is 13.2. The third-order valence-corrected chi connectivity index (χ3v) is 5.20. The summed E-state index contributed by atoms with van der Waals surface area (Å²) in [6.07, 6.45) is 0.789. The number of phenols is 1. The standard InChI is InChI=1S/C24H30N2O3.ClH/c1-5-26(6-2)24(28)18-10-11-22-21(15-18)23(17-8-7-9-20(27)14-17)19(12-13-29-22)16-25(3)4;/h7-11,14-15,27H,5-6,12-13,16H2,1-4H3;1H. The Morgan fingerprint density at radius 1 is 1.10 bits per heavy atom. The Balaban J connectivity index is 0.00000320. The molecule has 162 valence electrons. The number of benzene rings is 2. The SMILES string of the molecule is CCN(CC)C(=O)c1ccc2c(c1)C(c1cccc(O)c1)=C(CN(C)C)CCO2.Cl. The van der Waals surface area contributed by atoms with Gasteiger partial charge in [-0.3, -0.25) is 4.79 Å². The second-order valence-electron chi connectivity index (χ2n) is 7.55. The lowest BCUT2D eigenvalue weighted by Crippen LogP contribution is -2.30. The molecule has 0 atom stereocenters. The van der Waals surface area contributed by atoms with Crippen molar-refractivity contribution in [3.63, 3.8) is 0 Å². The number of ether oxygens (including phenoxy) is 1. The van der Waals surface area contributed by atoms with Gasteiger partial charge >= 0.3 is 0 Å². The van der Waals surface area contributed by atoms with E-state index in [1.807, 2.05) is 63.2 Å². The molecule has 0 saturated heterocycles. The largest absolute Gasteiger partial charge is 0.508 e. The van der Waals surface area contributed by atoms with E-state index >= 15 is 0 Å². The minimum absolute atomic E-state index is 0. The summed E-state index contributed by atoms with van der Waals surface area (Å²) < 4.78 is 6.04. The molecule has 0 fully saturated rings. The molecule has 0 unspecified atom stereocenters. The van der Waals surface area contributed by atoms with Crippen LogP contribution in [0.4, 0.5) is 0 Å². The Labute approximate surface area is 185 Å². The fourth-order valence-electron chi connectivity index (χ4n) is 3.84. The first kappa shape index (κ1) is 23.8. The zero-order valence-corrected chi connectivity index (χ0v) is 19.0. The quantitative estimate of drug-likeness (QED) is 0.736. The molecular formula is C24H31ClN2O3. The highest BCUT2D eigenvalue weighted by Crippen LogP contribution is 2.38. The number of halogens is 1. The van der Waals surface area contributed by atoms with Crippen molar-refractivity contribution in [2.45, 2.75) is 20.3 Å². The van der Waals surface area contributed by atoms with Crippen LogP contribution in [0.15, 0.2) is 48.0 Å². The average Bonchev–Trinajstić information content (AvgIpc) is 2.86. The predicted octanol–water partition coefficient (Wildman–Crippen LogP) is 4.44. The number of rotatable bonds is 6. The number of fused-ring (bicyclic) bond motifs is 1. The molecule has 30 heavy (non-hydrogen) atoms. The molecule has 0 saturated carbocycles. The minimum Gasteiger partial charge on any atom is -0.508 e. The van der Waals surface area contributed by atoms with Gasteiger partial charge in [0.05, 0.1) is 6.61 Å². The highest BCUT2D eigenvalue weighted by Gasteiger charge is 2.23. The summed E-state index contributed by atoms with van der Waals surface area (Å²) in [6.45, 7) is 6.68. The number of aromatic hydroxyl groups is 1. The van der Waals surface area contributed by atoms with Crippen LogP contribution in [-0.4, -0.2) is 61.2 Å². The Morgan fingerprint density at radius 3 is 2.47 bits per heavy atom. The fraction of sp³-hybridized carbons (Fsp3) is 0.375. The molecule has 0 aromatic heterocycles. The van der Waals surface area contributed by atoms with E-state index in [1.54, 1.807) is 12.1 Å². The molecule has 3 rings (SSSR count). The summed E-state index contributed by atoms with van der Waals surface area (Å²) in [7, 11) is 4.08. The van der Waals surface area contributed by atoms with E-state index in [-0.39, 0.29) is 24.1 Å². The molecule has 0 aliphatic carbocycles. The van der Waals surface area contributed by atoms with Gasteiger partial charge in [0.25, 0.3) is 5.91 Å². The number of nitrogens with zero attached hydrogens (tertiary/aromatic N) is 2. The minimum atomic E-state index is 0. The topological polar surface area (TPSA) is 53.0 Å². The first-order chi connectivity index (χ1) is 13.9. The Hall–Kier alpha value is -2.50. The first-order valence-corrected chi connectivity index (χ1v) is 10.2. The molecule has 0 bridgehead atoms. The van der Waals surface area contributed by atoms with Crippen molar-refractivity contribution >= 4 is 23.9 Å². The van der Waals surface area contributed by atoms with Crippen molar-refractivity contribution in [3.8, 4) is 11.5 Å². The Bertz CT molecular complexity index is 920. The van der Waals surface area contributed by atoms with Gasteiger partial charge in [0, 0.05) is 37.2 Å². The maximum Gasteiger partial charge on any atom is 0.253 e. The molecular weight excluding hydrogens is 400 g/mol. The maximum atomic E-state index is 13.0. The molecule has 2 aromatic rings. The van der Waals surface area contributed by atoms with Gasteiger partial charge in [-0.1, -0.05) is 12.1 Å². The molecule has 2 aromatic carbocycles. The summed E-state index contributed by atoms with van der Waals surface area (Å²) in [5, 5.41) is 10.1. The van der Waals surface area contributed by atoms with Crippen molar-refractivity contribution < 1.29 is 14.6 Å². The van der Waals surface area contributed by atoms with Crippen LogP contribution in [0.2, 0.25) is 0 Å². The van der Waals surface area contributed by atoms with E-state index in [4.69, 9.17) is 4.74 Å². The molecule has 1 amide bonds. The van der Waals surface area contributed by atoms with Gasteiger partial charge < -0.3 is 19.6 Å². The second-order valence-corrected chi connectivity index (χ2v) is 7.55. The lowest BCUT2D eigenvalue weighted by atomic mass is 9.90. The zero-order chi connectivity index (χ0) is 21.0. The Morgan fingerprint density at radius 2 is 1.83 bits per heavy atom. The van der Waals surface area contributed by atoms with Gasteiger partial charge in [0.1, 0.15) is 11.5 Å². The van der Waals surface area contributed by atoms with E-state index in [0.717, 1.165) is 35.4 Å². The van der Waals surface area contributed by atoms with Crippen LogP contribution >= 0.6 is 12.4 Å². The molecule has 1 aliphatic heterocycles. The van der Waals surface area contributed by atoms with Crippen molar-refractivity contribution in [3.05, 3.63) is 64.7 Å². The van der Waals surface area contributed by atoms with Crippen LogP contribution in [0.25, 0.3) is 5.57 Å². The molecule has 0 radical (unpaired) electrons. The number of phenolic OH excluding ortho intramolecular Hbond substituents is 1. The van der Waals surface area contributed by atoms with Gasteiger partial charge in [0.15, 0.2) is 0 Å². The third-order valence-electron chi connectivity index (χ3n) is 5.20. The van der Waals surface area contributed by atoms with E-state index in [9.17, 15) is 9.90 Å². The molecule has 1 N–H and O–H groups in total. The second kappa shape index (κ2) is 10.5. The van der Waals surface area contributed by atoms with E-state index in [1.165, 1.54) is 5.57 Å². The number of hydrogen-bond donors (Lipinski definition) is 1. The van der Waals surface area contributed by atoms with Crippen LogP contribution in [0, 0.1) is 0 Å². The highest BCUT2D eigenvalue weighted by molar-refractivity contribution is 5.97. The van der Waals surface area contributed by atoms with Crippen molar-refractivity contribution in [1.82, 2.24) is 9.80 Å². The summed E-state index contributed by atoms with van der Waals surface area (Å²) in [5.74, 6) is 1.01. The zero-order valence-electron chi connectivity index (χ0n) is 18.1. The van der Waals surface area contributed by atoms with Gasteiger partial charge in [-0.05, 0) is 75.0 Å². The first-order valence-electron chi connectivity index (χ1n) is 10.2. The monoisotopic (exact) mass is 430 g/mol. The Kier molecular flexibility index (Phi) is 8.33. The highest BCUT2D eigenvalue weighted by atomic mass is 35.5. The van der Waals surface area contributed by atoms with Gasteiger partial charge in [-0.25, -0.2) is 0 Å². The lowest BCUT2D eigenvalue weighted by molar-refractivity contribution is 0.0773. The molecule has 1 heterocycles. The predicted molar refractivity (Wildman–Crippen MR) is 124 cm³/mol. The van der Waals surface area contributed by atoms with Crippen LogP contribution < -0.4 is 4.74 Å². The lowest BCUT2D eigenvalue weighted by Gasteiger charge is -2.21. The van der Waals surface area contributed by atoms with E-state index in [2.05, 4.69) is 4.90 Å². The fourth-order valence-corrected chi connectivity index (χ4v) is 3.84. The molecule has 0 spiro atoms. The van der Waals surface area contributed by atoms with E-state index in [0.29, 0.717) is 25.3 Å². The van der Waals surface area contributed by atoms with Crippen LogP contribution in [-0.2, 0) is 0 Å². The number of carbonyl (C=O) groups is 1. The van der Waals surface area contributed by atoms with Crippen molar-refractivity contribution in [1.29, 1.82) is 0 Å². The number of hydrogen-bond acceptors (Lipinski definition) is 4. The smallest absolute Gasteiger partial charge is 0.253 e. The molecule has 6 heteroatoms. The summed E-state index contributed by atoms with van der Waals surface area (Å²) in [6, 6.07) is 13.0. The van der Waals surface area contributed by atoms with Crippen molar-refractivity contribution in [2.24, 2.45) is 0 Å². The van der Waals surface area contributed by atoms with Crippen molar-refractivity contribution in [2.75, 3.05) is 40.3 Å². The maximum absolute atomic E-state index is 13.0. The summed E-state index contributed by atoms with van der Waals surface area (Å²) >= 11 is 0. The number of amides is 1.